The summed E-state index contributed by atoms with van der Waals surface area (Å²) >= 11 is 0. The van der Waals surface area contributed by atoms with Crippen molar-refractivity contribution in [3.8, 4) is 0 Å². The summed E-state index contributed by atoms with van der Waals surface area (Å²) in [6, 6.07) is 9.54. The lowest BCUT2D eigenvalue weighted by molar-refractivity contribution is -0.160. The highest BCUT2D eigenvalue weighted by atomic mass is 16.6. The molecule has 2 N–H and O–H groups in total. The maximum atomic E-state index is 13.9. The first-order chi connectivity index (χ1) is 18.5. The smallest absolute Gasteiger partial charge is 0.340 e. The van der Waals surface area contributed by atoms with Gasteiger partial charge in [0.2, 0.25) is 5.78 Å². The first kappa shape index (κ1) is 26.9. The Morgan fingerprint density at radius 3 is 2.59 bits per heavy atom. The van der Waals surface area contributed by atoms with Gasteiger partial charge in [0.25, 0.3) is 0 Å². The van der Waals surface area contributed by atoms with Crippen LogP contribution >= 0.6 is 0 Å². The van der Waals surface area contributed by atoms with Crippen LogP contribution < -0.4 is 5.32 Å². The van der Waals surface area contributed by atoms with E-state index in [9.17, 15) is 24.3 Å². The molecule has 1 aromatic rings. The number of rotatable bonds is 6. The van der Waals surface area contributed by atoms with Crippen LogP contribution in [0.15, 0.2) is 64.6 Å². The molecule has 5 rings (SSSR count). The lowest BCUT2D eigenvalue weighted by atomic mass is 9.53. The van der Waals surface area contributed by atoms with E-state index in [1.807, 2.05) is 30.3 Å². The van der Waals surface area contributed by atoms with Crippen LogP contribution in [0.1, 0.15) is 45.6 Å². The predicted octanol–water partition coefficient (Wildman–Crippen LogP) is 3.25. The van der Waals surface area contributed by atoms with Gasteiger partial charge in [-0.25, -0.2) is 4.79 Å². The van der Waals surface area contributed by atoms with E-state index in [0.717, 1.165) is 5.56 Å². The summed E-state index contributed by atoms with van der Waals surface area (Å²) in [5, 5.41) is 14.6. The second-order valence-electron chi connectivity index (χ2n) is 11.1. The Labute approximate surface area is 226 Å². The number of benzene rings is 1. The molecular formula is C30H33NO8. The van der Waals surface area contributed by atoms with Crippen LogP contribution in [0.3, 0.4) is 0 Å². The topological polar surface area (TPSA) is 128 Å². The Balaban J connectivity index is 1.68. The number of Topliss-reactive ketones (excluding diaryl/α,β-unsaturated/α-hetero) is 2. The van der Waals surface area contributed by atoms with Crippen molar-refractivity contribution in [2.24, 2.45) is 16.7 Å². The predicted molar refractivity (Wildman–Crippen MR) is 139 cm³/mol. The number of ketones is 2. The Bertz CT molecular complexity index is 1340. The molecule has 9 heteroatoms. The second kappa shape index (κ2) is 9.79. The molecule has 1 aliphatic heterocycles. The van der Waals surface area contributed by atoms with E-state index in [1.165, 1.54) is 20.2 Å². The van der Waals surface area contributed by atoms with E-state index >= 15 is 0 Å². The minimum absolute atomic E-state index is 0.00219. The number of aliphatic hydroxyl groups excluding tert-OH is 1. The molecule has 2 fully saturated rings. The van der Waals surface area contributed by atoms with Crippen LogP contribution in [0.2, 0.25) is 0 Å². The standard InChI is InChI=1S/C30H33NO8/c1-16(32)38-20-12-29(2)19(10-11-21(29)33)23-25(20)30(3)22(15-37-4)39-28(36)18(24(30)27(35)26(23)34)14-31-13-17-8-6-5-7-9-17/h5-9,14,19-20,22,31,35H,10-13,15H2,1-4H3/b18-14-/t19-,20+,22+,29-,30-/m0/s1. The lowest BCUT2D eigenvalue weighted by Gasteiger charge is -2.53. The Morgan fingerprint density at radius 2 is 1.92 bits per heavy atom. The fraction of sp³-hybridized carbons (Fsp3) is 0.467. The third kappa shape index (κ3) is 4.11. The van der Waals surface area contributed by atoms with Gasteiger partial charge in [-0.1, -0.05) is 37.3 Å². The normalized spacial score (nSPS) is 33.0. The van der Waals surface area contributed by atoms with Crippen LogP contribution in [-0.2, 0) is 39.9 Å². The van der Waals surface area contributed by atoms with Crippen molar-refractivity contribution >= 4 is 23.5 Å². The van der Waals surface area contributed by atoms with Gasteiger partial charge in [-0.05, 0) is 24.5 Å². The van der Waals surface area contributed by atoms with Gasteiger partial charge in [0, 0.05) is 62.1 Å². The van der Waals surface area contributed by atoms with Crippen molar-refractivity contribution in [1.82, 2.24) is 5.32 Å². The van der Waals surface area contributed by atoms with Crippen LogP contribution in [0, 0.1) is 16.7 Å². The van der Waals surface area contributed by atoms with Crippen LogP contribution in [0.5, 0.6) is 0 Å². The van der Waals surface area contributed by atoms with Crippen LogP contribution in [0.25, 0.3) is 0 Å². The molecular weight excluding hydrogens is 502 g/mol. The molecule has 0 bridgehead atoms. The maximum absolute atomic E-state index is 13.9. The minimum atomic E-state index is -1.26. The number of hydrogen-bond acceptors (Lipinski definition) is 9. The number of carbonyl (C=O) groups excluding carboxylic acids is 4. The zero-order valence-electron chi connectivity index (χ0n) is 22.5. The van der Waals surface area contributed by atoms with Gasteiger partial charge in [-0.3, -0.25) is 14.4 Å². The molecule has 0 radical (unpaired) electrons. The van der Waals surface area contributed by atoms with Gasteiger partial charge in [-0.2, -0.15) is 0 Å². The summed E-state index contributed by atoms with van der Waals surface area (Å²) in [5.41, 5.74) is -0.346. The maximum Gasteiger partial charge on any atom is 0.340 e. The van der Waals surface area contributed by atoms with Crippen molar-refractivity contribution in [3.63, 3.8) is 0 Å². The van der Waals surface area contributed by atoms with Gasteiger partial charge in [-0.15, -0.1) is 0 Å². The van der Waals surface area contributed by atoms with Crippen LogP contribution in [-0.4, -0.2) is 54.5 Å². The molecule has 4 aliphatic rings. The molecule has 1 heterocycles. The van der Waals surface area contributed by atoms with Gasteiger partial charge in [0.15, 0.2) is 5.76 Å². The summed E-state index contributed by atoms with van der Waals surface area (Å²) in [4.78, 5) is 52.5. The highest BCUT2D eigenvalue weighted by Gasteiger charge is 2.64. The SMILES string of the molecule is COC[C@H]1OC(=O)/C(=C\NCc2ccccc2)C2=C(O)C(=O)C3=C([C@H](OC(C)=O)C[C@]4(C)C(=O)CC[C@@H]34)[C@]21C. The number of methoxy groups -OCH3 is 1. The molecule has 1 saturated heterocycles. The Kier molecular flexibility index (Phi) is 6.74. The molecule has 1 aromatic carbocycles. The van der Waals surface area contributed by atoms with Crippen molar-refractivity contribution < 1.29 is 38.5 Å². The molecule has 0 unspecified atom stereocenters. The molecule has 0 spiro atoms. The summed E-state index contributed by atoms with van der Waals surface area (Å²) in [5.74, 6) is -2.95. The molecule has 1 saturated carbocycles. The fourth-order valence-corrected chi connectivity index (χ4v) is 6.96. The molecule has 0 amide bonds. The van der Waals surface area contributed by atoms with E-state index in [-0.39, 0.29) is 42.0 Å². The summed E-state index contributed by atoms with van der Waals surface area (Å²) in [6.07, 6.45) is 0.542. The van der Waals surface area contributed by atoms with E-state index in [2.05, 4.69) is 5.32 Å². The van der Waals surface area contributed by atoms with E-state index in [0.29, 0.717) is 18.5 Å². The zero-order chi connectivity index (χ0) is 28.1. The van der Waals surface area contributed by atoms with E-state index in [4.69, 9.17) is 14.2 Å². The fourth-order valence-electron chi connectivity index (χ4n) is 6.96. The van der Waals surface area contributed by atoms with Gasteiger partial charge in [0.1, 0.15) is 18.0 Å². The summed E-state index contributed by atoms with van der Waals surface area (Å²) in [6.45, 7) is 5.22. The van der Waals surface area contributed by atoms with Crippen molar-refractivity contribution in [1.29, 1.82) is 0 Å². The molecule has 5 atom stereocenters. The van der Waals surface area contributed by atoms with Crippen molar-refractivity contribution in [2.45, 2.75) is 58.8 Å². The third-order valence-corrected chi connectivity index (χ3v) is 8.82. The molecule has 3 aliphatic carbocycles. The monoisotopic (exact) mass is 535 g/mol. The Morgan fingerprint density at radius 1 is 1.21 bits per heavy atom. The number of hydrogen-bond donors (Lipinski definition) is 2. The van der Waals surface area contributed by atoms with Gasteiger partial charge >= 0.3 is 11.9 Å². The van der Waals surface area contributed by atoms with E-state index < -0.39 is 52.4 Å². The molecule has 9 nitrogen and oxygen atoms in total. The highest BCUT2D eigenvalue weighted by molar-refractivity contribution is 6.14. The Hall–Kier alpha value is -3.72. The lowest BCUT2D eigenvalue weighted by Crippen LogP contribution is -2.57. The molecule has 0 aromatic heterocycles. The zero-order valence-corrected chi connectivity index (χ0v) is 22.5. The number of nitrogens with one attached hydrogen (secondary N) is 1. The number of allylic oxidation sites excluding steroid dienone is 1. The minimum Gasteiger partial charge on any atom is -0.504 e. The number of esters is 2. The molecule has 206 valence electrons. The number of ether oxygens (including phenoxy) is 3. The quantitative estimate of drug-likeness (QED) is 0.417. The van der Waals surface area contributed by atoms with Crippen LogP contribution in [0.4, 0.5) is 0 Å². The average molecular weight is 536 g/mol. The van der Waals surface area contributed by atoms with Crippen molar-refractivity contribution in [3.05, 3.63) is 70.1 Å². The highest BCUT2D eigenvalue weighted by Crippen LogP contribution is 2.62. The second-order valence-corrected chi connectivity index (χ2v) is 11.1. The average Bonchev–Trinajstić information content (AvgIpc) is 3.18. The number of fused-ring (bicyclic) bond motifs is 4. The number of cyclic esters (lactones) is 1. The first-order valence-electron chi connectivity index (χ1n) is 13.1. The first-order valence-corrected chi connectivity index (χ1v) is 13.1. The summed E-state index contributed by atoms with van der Waals surface area (Å²) in [7, 11) is 1.47. The molecule has 39 heavy (non-hydrogen) atoms. The van der Waals surface area contributed by atoms with Crippen molar-refractivity contribution in [2.75, 3.05) is 13.7 Å². The van der Waals surface area contributed by atoms with Gasteiger partial charge in [0.05, 0.1) is 17.6 Å². The van der Waals surface area contributed by atoms with E-state index in [1.54, 1.807) is 13.8 Å². The number of carbonyl (C=O) groups is 4. The van der Waals surface area contributed by atoms with Gasteiger partial charge < -0.3 is 24.6 Å². The largest absolute Gasteiger partial charge is 0.504 e. The summed E-state index contributed by atoms with van der Waals surface area (Å²) < 4.78 is 17.1. The number of aliphatic hydroxyl groups is 1. The third-order valence-electron chi connectivity index (χ3n) is 8.82.